The lowest BCUT2D eigenvalue weighted by molar-refractivity contribution is 0.259. The Bertz CT molecular complexity index is 130. The summed E-state index contributed by atoms with van der Waals surface area (Å²) in [6.45, 7) is 8.30. The van der Waals surface area contributed by atoms with E-state index in [-0.39, 0.29) is 0 Å². The normalized spacial score (nSPS) is 25.4. The summed E-state index contributed by atoms with van der Waals surface area (Å²) in [5, 5.41) is 3.54. The smallest absolute Gasteiger partial charge is 0.0195 e. The Kier molecular flexibility index (Phi) is 4.74. The highest BCUT2D eigenvalue weighted by Crippen LogP contribution is 2.08. The van der Waals surface area contributed by atoms with Gasteiger partial charge in [0, 0.05) is 19.1 Å². The maximum Gasteiger partial charge on any atom is 0.0195 e. The molecule has 1 aliphatic heterocycles. The van der Waals surface area contributed by atoms with Crippen LogP contribution in [0.5, 0.6) is 0 Å². The highest BCUT2D eigenvalue weighted by atomic mass is 15.1. The van der Waals surface area contributed by atoms with Gasteiger partial charge in [-0.05, 0) is 32.4 Å². The van der Waals surface area contributed by atoms with Crippen LogP contribution in [0.1, 0.15) is 33.1 Å². The quantitative estimate of drug-likeness (QED) is 0.700. The average Bonchev–Trinajstić information content (AvgIpc) is 2.56. The van der Waals surface area contributed by atoms with Crippen LogP contribution < -0.4 is 5.32 Å². The molecule has 0 aliphatic carbocycles. The molecule has 1 fully saturated rings. The topological polar surface area (TPSA) is 15.3 Å². The van der Waals surface area contributed by atoms with Gasteiger partial charge in [0.2, 0.25) is 0 Å². The molecule has 2 atom stereocenters. The molecule has 2 nitrogen and oxygen atoms in total. The van der Waals surface area contributed by atoms with Gasteiger partial charge in [0.05, 0.1) is 0 Å². The summed E-state index contributed by atoms with van der Waals surface area (Å²) < 4.78 is 0. The number of rotatable bonds is 5. The van der Waals surface area contributed by atoms with Crippen molar-refractivity contribution >= 4 is 0 Å². The third-order valence-corrected chi connectivity index (χ3v) is 3.01. The lowest BCUT2D eigenvalue weighted by atomic mass is 10.1. The van der Waals surface area contributed by atoms with Gasteiger partial charge in [-0.2, -0.15) is 0 Å². The minimum atomic E-state index is 0.758. The third-order valence-electron chi connectivity index (χ3n) is 3.01. The molecule has 1 unspecified atom stereocenters. The van der Waals surface area contributed by atoms with Crippen LogP contribution in [-0.4, -0.2) is 37.6 Å². The van der Waals surface area contributed by atoms with Gasteiger partial charge in [-0.15, -0.1) is 0 Å². The zero-order valence-electron chi connectivity index (χ0n) is 9.34. The lowest BCUT2D eigenvalue weighted by Gasteiger charge is -2.23. The largest absolute Gasteiger partial charge is 0.313 e. The molecule has 0 aromatic rings. The minimum absolute atomic E-state index is 0.758. The van der Waals surface area contributed by atoms with E-state index in [9.17, 15) is 0 Å². The number of hydrogen-bond donors (Lipinski definition) is 1. The van der Waals surface area contributed by atoms with Gasteiger partial charge in [-0.1, -0.05) is 20.3 Å². The molecular weight excluding hydrogens is 160 g/mol. The zero-order chi connectivity index (χ0) is 9.68. The van der Waals surface area contributed by atoms with Crippen LogP contribution in [0.2, 0.25) is 0 Å². The first-order chi connectivity index (χ1) is 6.22. The molecule has 1 saturated heterocycles. The summed E-state index contributed by atoms with van der Waals surface area (Å²) in [6.07, 6.45) is 4.02. The Hall–Kier alpha value is -0.0800. The van der Waals surface area contributed by atoms with Crippen LogP contribution >= 0.6 is 0 Å². The molecule has 0 radical (unpaired) electrons. The molecule has 1 rings (SSSR count). The molecule has 1 aliphatic rings. The molecule has 78 valence electrons. The van der Waals surface area contributed by atoms with E-state index in [2.05, 4.69) is 31.1 Å². The highest BCUT2D eigenvalue weighted by molar-refractivity contribution is 4.77. The fraction of sp³-hybridized carbons (Fsp3) is 1.00. The number of nitrogens with one attached hydrogen (secondary N) is 1. The van der Waals surface area contributed by atoms with Gasteiger partial charge in [-0.3, -0.25) is 0 Å². The first kappa shape index (κ1) is 11.0. The molecule has 13 heavy (non-hydrogen) atoms. The second-order valence-electron chi connectivity index (χ2n) is 4.53. The van der Waals surface area contributed by atoms with E-state index >= 15 is 0 Å². The van der Waals surface area contributed by atoms with Crippen LogP contribution in [0.3, 0.4) is 0 Å². The molecule has 0 saturated carbocycles. The Morgan fingerprint density at radius 2 is 2.31 bits per heavy atom. The van der Waals surface area contributed by atoms with Crippen LogP contribution in [0.15, 0.2) is 0 Å². The number of likely N-dealkylation sites (N-methyl/N-ethyl adjacent to an activating group) is 1. The predicted molar refractivity (Wildman–Crippen MR) is 58.0 cm³/mol. The van der Waals surface area contributed by atoms with Crippen molar-refractivity contribution in [3.63, 3.8) is 0 Å². The van der Waals surface area contributed by atoms with E-state index < -0.39 is 0 Å². The Balaban J connectivity index is 2.12. The summed E-state index contributed by atoms with van der Waals surface area (Å²) in [7, 11) is 2.24. The van der Waals surface area contributed by atoms with Gasteiger partial charge in [0.1, 0.15) is 0 Å². The molecule has 1 N–H and O–H groups in total. The van der Waals surface area contributed by atoms with E-state index in [1.807, 2.05) is 0 Å². The van der Waals surface area contributed by atoms with Crippen molar-refractivity contribution in [2.24, 2.45) is 5.92 Å². The van der Waals surface area contributed by atoms with E-state index in [1.165, 1.54) is 38.9 Å². The fourth-order valence-corrected chi connectivity index (χ4v) is 2.02. The molecule has 0 amide bonds. The van der Waals surface area contributed by atoms with Crippen molar-refractivity contribution in [3.8, 4) is 0 Å². The van der Waals surface area contributed by atoms with E-state index in [1.54, 1.807) is 0 Å². The van der Waals surface area contributed by atoms with Gasteiger partial charge < -0.3 is 10.2 Å². The third kappa shape index (κ3) is 4.10. The standard InChI is InChI=1S/C11H24N2/c1-4-10(2)8-13(3)9-11-6-5-7-12-11/h10-12H,4-9H2,1-3H3/t10?,11-/m1/s1. The Morgan fingerprint density at radius 3 is 2.85 bits per heavy atom. The van der Waals surface area contributed by atoms with Crippen LogP contribution in [-0.2, 0) is 0 Å². The summed E-state index contributed by atoms with van der Waals surface area (Å²) >= 11 is 0. The molecule has 0 spiro atoms. The SMILES string of the molecule is CCC(C)CN(C)C[C@H]1CCCN1. The molecule has 0 aromatic carbocycles. The monoisotopic (exact) mass is 184 g/mol. The fourth-order valence-electron chi connectivity index (χ4n) is 2.02. The van der Waals surface area contributed by atoms with E-state index in [4.69, 9.17) is 0 Å². The summed E-state index contributed by atoms with van der Waals surface area (Å²) in [5.74, 6) is 0.839. The van der Waals surface area contributed by atoms with Crippen molar-refractivity contribution in [1.82, 2.24) is 10.2 Å². The first-order valence-corrected chi connectivity index (χ1v) is 5.64. The van der Waals surface area contributed by atoms with Crippen molar-refractivity contribution in [2.45, 2.75) is 39.2 Å². The van der Waals surface area contributed by atoms with Crippen molar-refractivity contribution in [2.75, 3.05) is 26.7 Å². The molecule has 0 bridgehead atoms. The van der Waals surface area contributed by atoms with Gasteiger partial charge in [-0.25, -0.2) is 0 Å². The van der Waals surface area contributed by atoms with Gasteiger partial charge >= 0.3 is 0 Å². The van der Waals surface area contributed by atoms with E-state index in [0.717, 1.165) is 12.0 Å². The first-order valence-electron chi connectivity index (χ1n) is 5.64. The molecule has 0 aromatic heterocycles. The second kappa shape index (κ2) is 5.61. The van der Waals surface area contributed by atoms with Crippen molar-refractivity contribution < 1.29 is 0 Å². The van der Waals surface area contributed by atoms with Crippen LogP contribution in [0.4, 0.5) is 0 Å². The molecule has 2 heteroatoms. The predicted octanol–water partition coefficient (Wildman–Crippen LogP) is 1.72. The number of nitrogens with zero attached hydrogens (tertiary/aromatic N) is 1. The lowest BCUT2D eigenvalue weighted by Crippen LogP contribution is -2.37. The molecule has 1 heterocycles. The summed E-state index contributed by atoms with van der Waals surface area (Å²) in [5.41, 5.74) is 0. The zero-order valence-corrected chi connectivity index (χ0v) is 9.34. The highest BCUT2D eigenvalue weighted by Gasteiger charge is 2.16. The van der Waals surface area contributed by atoms with Crippen LogP contribution in [0, 0.1) is 5.92 Å². The van der Waals surface area contributed by atoms with Gasteiger partial charge in [0.15, 0.2) is 0 Å². The Morgan fingerprint density at radius 1 is 1.54 bits per heavy atom. The minimum Gasteiger partial charge on any atom is -0.313 e. The van der Waals surface area contributed by atoms with Gasteiger partial charge in [0.25, 0.3) is 0 Å². The number of hydrogen-bond acceptors (Lipinski definition) is 2. The Labute approximate surface area is 82.7 Å². The maximum absolute atomic E-state index is 3.54. The average molecular weight is 184 g/mol. The second-order valence-corrected chi connectivity index (χ2v) is 4.53. The van der Waals surface area contributed by atoms with Crippen LogP contribution in [0.25, 0.3) is 0 Å². The van der Waals surface area contributed by atoms with Crippen molar-refractivity contribution in [3.05, 3.63) is 0 Å². The van der Waals surface area contributed by atoms with E-state index in [0.29, 0.717) is 0 Å². The maximum atomic E-state index is 3.54. The molecular formula is C11H24N2. The van der Waals surface area contributed by atoms with Crippen molar-refractivity contribution in [1.29, 1.82) is 0 Å². The summed E-state index contributed by atoms with van der Waals surface area (Å²) in [6, 6.07) is 0.758. The summed E-state index contributed by atoms with van der Waals surface area (Å²) in [4.78, 5) is 2.47.